The largest absolute Gasteiger partial charge is 0.310 e. The van der Waals surface area contributed by atoms with Crippen LogP contribution in [0.4, 0.5) is 0 Å². The van der Waals surface area contributed by atoms with Gasteiger partial charge in [-0.2, -0.15) is 0 Å². The van der Waals surface area contributed by atoms with Gasteiger partial charge in [-0.25, -0.2) is 0 Å². The summed E-state index contributed by atoms with van der Waals surface area (Å²) >= 11 is 2.03. The van der Waals surface area contributed by atoms with Crippen LogP contribution in [0.3, 0.4) is 0 Å². The maximum Gasteiger partial charge on any atom is 0.110 e. The molecule has 0 aromatic heterocycles. The lowest BCUT2D eigenvalue weighted by Gasteiger charge is -2.06. The van der Waals surface area contributed by atoms with Gasteiger partial charge in [0.05, 0.1) is 6.10 Å². The summed E-state index contributed by atoms with van der Waals surface area (Å²) < 4.78 is 5.33. The minimum absolute atomic E-state index is 0.556. The van der Waals surface area contributed by atoms with Gasteiger partial charge in [-0.15, -0.1) is 0 Å². The summed E-state index contributed by atoms with van der Waals surface area (Å²) in [6, 6.07) is 0. The fourth-order valence-electron chi connectivity index (χ4n) is 1.36. The van der Waals surface area contributed by atoms with Crippen molar-refractivity contribution in [2.75, 3.05) is 0 Å². The molecule has 1 aliphatic carbocycles. The summed E-state index contributed by atoms with van der Waals surface area (Å²) in [5, 5.41) is 1.61. The molecule has 1 heterocycles. The van der Waals surface area contributed by atoms with E-state index in [1.165, 1.54) is 12.8 Å². The third kappa shape index (κ3) is 1.12. The first-order valence-electron chi connectivity index (χ1n) is 3.01. The van der Waals surface area contributed by atoms with Crippen LogP contribution in [0.2, 0.25) is 0 Å². The lowest BCUT2D eigenvalue weighted by molar-refractivity contribution is 0.308. The van der Waals surface area contributed by atoms with E-state index in [4.69, 9.17) is 3.07 Å². The number of fused-ring (bicyclic) bond motifs is 2. The minimum Gasteiger partial charge on any atom is -0.310 e. The number of halogens is 1. The van der Waals surface area contributed by atoms with E-state index in [-0.39, 0.29) is 0 Å². The van der Waals surface area contributed by atoms with Crippen LogP contribution in [-0.2, 0) is 3.07 Å². The Labute approximate surface area is 76.8 Å². The van der Waals surface area contributed by atoms with Crippen molar-refractivity contribution >= 4 is 44.6 Å². The quantitative estimate of drug-likeness (QED) is 0.537. The van der Waals surface area contributed by atoms with Gasteiger partial charge in [-0.05, 0) is 12.8 Å². The molecule has 2 unspecified atom stereocenters. The molecule has 0 aromatic rings. The van der Waals surface area contributed by atoms with Gasteiger partial charge < -0.3 is 3.07 Å². The molecule has 9 heavy (non-hydrogen) atoms. The van der Waals surface area contributed by atoms with E-state index in [2.05, 4.69) is 0 Å². The first kappa shape index (κ1) is 7.06. The topological polar surface area (TPSA) is 9.23 Å². The Bertz CT molecular complexity index is 102. The second-order valence-electron chi connectivity index (χ2n) is 2.40. The molecule has 2 rings (SSSR count). The summed E-state index contributed by atoms with van der Waals surface area (Å²) in [6.07, 6.45) is 3.30. The van der Waals surface area contributed by atoms with Gasteiger partial charge in [0.15, 0.2) is 0 Å². The summed E-state index contributed by atoms with van der Waals surface area (Å²) in [6.45, 7) is 0. The Hall–Kier alpha value is 1.39. The highest BCUT2D eigenvalue weighted by Crippen LogP contribution is 2.54. The molecule has 2 aliphatic rings. The molecule has 0 N–H and O–H groups in total. The van der Waals surface area contributed by atoms with E-state index in [9.17, 15) is 0 Å². The van der Waals surface area contributed by atoms with Crippen LogP contribution in [-0.4, -0.2) is 16.6 Å². The van der Waals surface area contributed by atoms with E-state index >= 15 is 0 Å². The number of rotatable bonds is 1. The van der Waals surface area contributed by atoms with Crippen molar-refractivity contribution in [3.05, 3.63) is 0 Å². The van der Waals surface area contributed by atoms with Crippen molar-refractivity contribution < 1.29 is 3.07 Å². The van der Waals surface area contributed by atoms with Crippen molar-refractivity contribution in [3.8, 4) is 0 Å². The lowest BCUT2D eigenvalue weighted by atomic mass is 10.3. The van der Waals surface area contributed by atoms with E-state index in [0.29, 0.717) is 6.10 Å². The molecule has 0 spiro atoms. The molecule has 4 heteroatoms. The molecule has 2 atom stereocenters. The summed E-state index contributed by atoms with van der Waals surface area (Å²) in [5.41, 5.74) is 0. The Morgan fingerprint density at radius 2 is 1.78 bits per heavy atom. The Balaban J connectivity index is 2.08. The van der Waals surface area contributed by atoms with E-state index in [1.807, 2.05) is 44.6 Å². The third-order valence-corrected chi connectivity index (χ3v) is 5.89. The highest BCUT2D eigenvalue weighted by Gasteiger charge is 2.44. The maximum atomic E-state index is 5.33. The van der Waals surface area contributed by atoms with Crippen LogP contribution in [0.5, 0.6) is 0 Å². The van der Waals surface area contributed by atoms with Gasteiger partial charge in [0.2, 0.25) is 0 Å². The highest BCUT2D eigenvalue weighted by molar-refractivity contribution is 14.1. The normalized spacial score (nSPS) is 48.3. The van der Waals surface area contributed by atoms with Crippen LogP contribution in [0.1, 0.15) is 12.8 Å². The first-order chi connectivity index (χ1) is 4.42. The fourth-order valence-corrected chi connectivity index (χ4v) is 6.12. The standard InChI is InChI=1S/C5H7IOS2/c6-7-5-3-1-2-4(5)9-8-3/h3-5H,1-2H2. The fraction of sp³-hybridized carbons (Fsp3) is 1.00. The van der Waals surface area contributed by atoms with Crippen molar-refractivity contribution in [2.24, 2.45) is 0 Å². The highest BCUT2D eigenvalue weighted by atomic mass is 127. The zero-order chi connectivity index (χ0) is 6.27. The molecular formula is C5H7IOS2. The molecule has 1 saturated carbocycles. The van der Waals surface area contributed by atoms with Crippen molar-refractivity contribution in [1.29, 1.82) is 0 Å². The molecule has 0 radical (unpaired) electrons. The second-order valence-corrected chi connectivity index (χ2v) is 5.66. The summed E-state index contributed by atoms with van der Waals surface area (Å²) in [5.74, 6) is 0. The third-order valence-electron chi connectivity index (χ3n) is 1.87. The van der Waals surface area contributed by atoms with Crippen molar-refractivity contribution in [3.63, 3.8) is 0 Å². The average molecular weight is 274 g/mol. The van der Waals surface area contributed by atoms with Gasteiger partial charge in [0, 0.05) is 10.5 Å². The molecule has 0 amide bonds. The molecule has 1 aliphatic heterocycles. The number of hydrogen-bond donors (Lipinski definition) is 0. The van der Waals surface area contributed by atoms with Crippen LogP contribution in [0.15, 0.2) is 0 Å². The molecule has 52 valence electrons. The van der Waals surface area contributed by atoms with Crippen LogP contribution in [0.25, 0.3) is 0 Å². The Morgan fingerprint density at radius 1 is 1.22 bits per heavy atom. The maximum absolute atomic E-state index is 5.33. The van der Waals surface area contributed by atoms with Gasteiger partial charge >= 0.3 is 0 Å². The molecular weight excluding hydrogens is 267 g/mol. The predicted octanol–water partition coefficient (Wildman–Crippen LogP) is 2.65. The van der Waals surface area contributed by atoms with Gasteiger partial charge in [0.25, 0.3) is 0 Å². The minimum atomic E-state index is 0.556. The van der Waals surface area contributed by atoms with E-state index in [0.717, 1.165) is 10.5 Å². The molecule has 0 aromatic carbocycles. The number of hydrogen-bond acceptors (Lipinski definition) is 3. The molecule has 1 nitrogen and oxygen atoms in total. The monoisotopic (exact) mass is 274 g/mol. The van der Waals surface area contributed by atoms with Crippen LogP contribution in [0, 0.1) is 0 Å². The van der Waals surface area contributed by atoms with Gasteiger partial charge in [0.1, 0.15) is 23.0 Å². The van der Waals surface area contributed by atoms with Gasteiger partial charge in [-0.3, -0.25) is 0 Å². The van der Waals surface area contributed by atoms with Crippen LogP contribution < -0.4 is 0 Å². The van der Waals surface area contributed by atoms with E-state index < -0.39 is 0 Å². The zero-order valence-corrected chi connectivity index (χ0v) is 8.54. The Kier molecular flexibility index (Phi) is 2.19. The summed E-state index contributed by atoms with van der Waals surface area (Å²) in [7, 11) is 4.02. The Morgan fingerprint density at radius 3 is 2.00 bits per heavy atom. The van der Waals surface area contributed by atoms with E-state index in [1.54, 1.807) is 0 Å². The molecule has 1 saturated heterocycles. The van der Waals surface area contributed by atoms with Crippen molar-refractivity contribution in [2.45, 2.75) is 29.4 Å². The second kappa shape index (κ2) is 2.79. The molecule has 2 fully saturated rings. The van der Waals surface area contributed by atoms with Crippen molar-refractivity contribution in [1.82, 2.24) is 0 Å². The van der Waals surface area contributed by atoms with Crippen LogP contribution >= 0.6 is 44.6 Å². The zero-order valence-electron chi connectivity index (χ0n) is 4.75. The predicted molar refractivity (Wildman–Crippen MR) is 50.9 cm³/mol. The smallest absolute Gasteiger partial charge is 0.110 e. The first-order valence-corrected chi connectivity index (χ1v) is 6.17. The average Bonchev–Trinajstić information content (AvgIpc) is 2.44. The SMILES string of the molecule is IOC1C2CCC1SS2. The molecule has 2 bridgehead atoms. The van der Waals surface area contributed by atoms with Gasteiger partial charge in [-0.1, -0.05) is 21.6 Å². The lowest BCUT2D eigenvalue weighted by Crippen LogP contribution is -2.18. The summed E-state index contributed by atoms with van der Waals surface area (Å²) in [4.78, 5) is 0.